The van der Waals surface area contributed by atoms with Crippen LogP contribution in [-0.4, -0.2) is 29.5 Å². The molecule has 0 spiro atoms. The molecule has 26 heavy (non-hydrogen) atoms. The van der Waals surface area contributed by atoms with Gasteiger partial charge in [-0.2, -0.15) is 0 Å². The lowest BCUT2D eigenvalue weighted by atomic mass is 10.1. The SMILES string of the molecule is CCOC(=O)NC(=O)c1ccsc1NC(=O)c1cccc2cccnc12. The molecule has 3 aromatic rings. The van der Waals surface area contributed by atoms with Crippen LogP contribution in [0.2, 0.25) is 0 Å². The highest BCUT2D eigenvalue weighted by atomic mass is 32.1. The molecule has 0 saturated heterocycles. The molecular weight excluding hydrogens is 354 g/mol. The maximum Gasteiger partial charge on any atom is 0.414 e. The zero-order valence-corrected chi connectivity index (χ0v) is 14.6. The number of carbonyl (C=O) groups excluding carboxylic acids is 3. The smallest absolute Gasteiger partial charge is 0.414 e. The number of carbonyl (C=O) groups is 3. The summed E-state index contributed by atoms with van der Waals surface area (Å²) in [4.78, 5) is 40.5. The molecule has 0 radical (unpaired) electrons. The molecule has 2 N–H and O–H groups in total. The molecular formula is C18H15N3O4S. The van der Waals surface area contributed by atoms with E-state index in [0.717, 1.165) is 5.39 Å². The van der Waals surface area contributed by atoms with Crippen LogP contribution in [0.1, 0.15) is 27.6 Å². The van der Waals surface area contributed by atoms with Crippen LogP contribution in [0.15, 0.2) is 48.0 Å². The number of aromatic nitrogens is 1. The van der Waals surface area contributed by atoms with Crippen molar-refractivity contribution in [3.05, 3.63) is 59.1 Å². The van der Waals surface area contributed by atoms with Gasteiger partial charge in [-0.05, 0) is 30.5 Å². The van der Waals surface area contributed by atoms with Crippen molar-refractivity contribution in [3.63, 3.8) is 0 Å². The van der Waals surface area contributed by atoms with E-state index in [1.54, 1.807) is 36.7 Å². The minimum Gasteiger partial charge on any atom is -0.450 e. The third-order valence-electron chi connectivity index (χ3n) is 3.51. The number of thiophene rings is 1. The molecule has 132 valence electrons. The Morgan fingerprint density at radius 1 is 1.08 bits per heavy atom. The Morgan fingerprint density at radius 2 is 1.88 bits per heavy atom. The summed E-state index contributed by atoms with van der Waals surface area (Å²) in [7, 11) is 0. The highest BCUT2D eigenvalue weighted by molar-refractivity contribution is 7.14. The first-order valence-corrected chi connectivity index (χ1v) is 8.68. The minimum absolute atomic E-state index is 0.153. The van der Waals surface area contributed by atoms with Gasteiger partial charge in [0.25, 0.3) is 11.8 Å². The molecule has 7 nitrogen and oxygen atoms in total. The summed E-state index contributed by atoms with van der Waals surface area (Å²) in [5.74, 6) is -1.03. The molecule has 1 aromatic carbocycles. The lowest BCUT2D eigenvalue weighted by molar-refractivity contribution is 0.0926. The molecule has 0 unspecified atom stereocenters. The number of ether oxygens (including phenoxy) is 1. The molecule has 0 aliphatic heterocycles. The van der Waals surface area contributed by atoms with E-state index in [-0.39, 0.29) is 18.1 Å². The number of alkyl carbamates (subject to hydrolysis) is 1. The second-order valence-electron chi connectivity index (χ2n) is 5.17. The number of anilines is 1. The first-order valence-electron chi connectivity index (χ1n) is 7.81. The molecule has 3 amide bonds. The maximum atomic E-state index is 12.7. The summed E-state index contributed by atoms with van der Waals surface area (Å²) in [5.41, 5.74) is 1.15. The number of pyridine rings is 1. The standard InChI is InChI=1S/C18H15N3O4S/c1-2-25-18(24)21-16(23)13-8-10-26-17(13)20-15(22)12-7-3-5-11-6-4-9-19-14(11)12/h3-10H,2H2,1H3,(H,20,22)(H,21,23,24). The van der Waals surface area contributed by atoms with Gasteiger partial charge in [0.05, 0.1) is 23.3 Å². The zero-order valence-electron chi connectivity index (χ0n) is 13.8. The van der Waals surface area contributed by atoms with Gasteiger partial charge in [0, 0.05) is 11.6 Å². The molecule has 0 bridgehead atoms. The summed E-state index contributed by atoms with van der Waals surface area (Å²) in [6, 6.07) is 10.5. The van der Waals surface area contributed by atoms with E-state index in [0.29, 0.717) is 16.1 Å². The van der Waals surface area contributed by atoms with Crippen molar-refractivity contribution in [2.24, 2.45) is 0 Å². The Morgan fingerprint density at radius 3 is 2.69 bits per heavy atom. The number of fused-ring (bicyclic) bond motifs is 1. The van der Waals surface area contributed by atoms with E-state index in [1.807, 2.05) is 12.1 Å². The predicted molar refractivity (Wildman–Crippen MR) is 98.5 cm³/mol. The predicted octanol–water partition coefficient (Wildman–Crippen LogP) is 3.43. The monoisotopic (exact) mass is 369 g/mol. The van der Waals surface area contributed by atoms with Crippen LogP contribution in [0.25, 0.3) is 10.9 Å². The molecule has 3 rings (SSSR count). The normalized spacial score (nSPS) is 10.3. The largest absolute Gasteiger partial charge is 0.450 e. The lowest BCUT2D eigenvalue weighted by Gasteiger charge is -2.08. The number of amides is 3. The first kappa shape index (κ1) is 17.6. The van der Waals surface area contributed by atoms with Crippen molar-refractivity contribution < 1.29 is 19.1 Å². The van der Waals surface area contributed by atoms with Crippen molar-refractivity contribution in [2.45, 2.75) is 6.92 Å². The Bertz CT molecular complexity index is 978. The van der Waals surface area contributed by atoms with Gasteiger partial charge in [-0.1, -0.05) is 18.2 Å². The van der Waals surface area contributed by atoms with E-state index < -0.39 is 12.0 Å². The van der Waals surface area contributed by atoms with Crippen LogP contribution in [-0.2, 0) is 4.74 Å². The number of nitrogens with one attached hydrogen (secondary N) is 2. The fourth-order valence-electron chi connectivity index (χ4n) is 2.37. The topological polar surface area (TPSA) is 97.4 Å². The third kappa shape index (κ3) is 3.70. The molecule has 0 fully saturated rings. The van der Waals surface area contributed by atoms with Crippen LogP contribution >= 0.6 is 11.3 Å². The van der Waals surface area contributed by atoms with E-state index in [9.17, 15) is 14.4 Å². The van der Waals surface area contributed by atoms with Crippen LogP contribution < -0.4 is 10.6 Å². The first-order chi connectivity index (χ1) is 12.6. The van der Waals surface area contributed by atoms with Gasteiger partial charge in [0.2, 0.25) is 0 Å². The Hall–Kier alpha value is -3.26. The number of hydrogen-bond acceptors (Lipinski definition) is 6. The molecule has 2 heterocycles. The second kappa shape index (κ2) is 7.75. The van der Waals surface area contributed by atoms with Crippen molar-refractivity contribution in [2.75, 3.05) is 11.9 Å². The van der Waals surface area contributed by atoms with Gasteiger partial charge < -0.3 is 10.1 Å². The van der Waals surface area contributed by atoms with Crippen molar-refractivity contribution in [3.8, 4) is 0 Å². The molecule has 0 aliphatic rings. The minimum atomic E-state index is -0.834. The highest BCUT2D eigenvalue weighted by Crippen LogP contribution is 2.25. The Labute approximate surface area is 153 Å². The maximum absolute atomic E-state index is 12.7. The van der Waals surface area contributed by atoms with E-state index in [4.69, 9.17) is 0 Å². The molecule has 0 aliphatic carbocycles. The average molecular weight is 369 g/mol. The molecule has 0 saturated carbocycles. The van der Waals surface area contributed by atoms with Crippen LogP contribution in [0.3, 0.4) is 0 Å². The Kier molecular flexibility index (Phi) is 5.23. The van der Waals surface area contributed by atoms with Crippen molar-refractivity contribution in [1.29, 1.82) is 0 Å². The second-order valence-corrected chi connectivity index (χ2v) is 6.09. The highest BCUT2D eigenvalue weighted by Gasteiger charge is 2.19. The van der Waals surface area contributed by atoms with E-state index in [1.165, 1.54) is 17.4 Å². The number of rotatable bonds is 4. The summed E-state index contributed by atoms with van der Waals surface area (Å²) < 4.78 is 4.69. The molecule has 8 heteroatoms. The fourth-order valence-corrected chi connectivity index (χ4v) is 3.15. The summed E-state index contributed by atoms with van der Waals surface area (Å²) in [6.07, 6.45) is 0.780. The van der Waals surface area contributed by atoms with Crippen LogP contribution in [0.4, 0.5) is 9.80 Å². The van der Waals surface area contributed by atoms with Gasteiger partial charge in [0.1, 0.15) is 5.00 Å². The average Bonchev–Trinajstić information content (AvgIpc) is 3.09. The summed E-state index contributed by atoms with van der Waals surface area (Å²) >= 11 is 1.18. The van der Waals surface area contributed by atoms with Crippen molar-refractivity contribution >= 4 is 45.1 Å². The summed E-state index contributed by atoms with van der Waals surface area (Å²) in [6.45, 7) is 1.79. The third-order valence-corrected chi connectivity index (χ3v) is 4.34. The fraction of sp³-hybridized carbons (Fsp3) is 0.111. The summed E-state index contributed by atoms with van der Waals surface area (Å²) in [5, 5.41) is 7.65. The molecule has 0 atom stereocenters. The number of nitrogens with zero attached hydrogens (tertiary/aromatic N) is 1. The van der Waals surface area contributed by atoms with Crippen molar-refractivity contribution in [1.82, 2.24) is 10.3 Å². The van der Waals surface area contributed by atoms with Gasteiger partial charge >= 0.3 is 6.09 Å². The number of imide groups is 1. The van der Waals surface area contributed by atoms with Gasteiger partial charge in [-0.3, -0.25) is 19.9 Å². The van der Waals surface area contributed by atoms with E-state index in [2.05, 4.69) is 20.4 Å². The molecule has 2 aromatic heterocycles. The van der Waals surface area contributed by atoms with Crippen LogP contribution in [0, 0.1) is 0 Å². The Balaban J connectivity index is 1.81. The number of para-hydroxylation sites is 1. The van der Waals surface area contributed by atoms with Gasteiger partial charge in [-0.15, -0.1) is 11.3 Å². The quantitative estimate of drug-likeness (QED) is 0.734. The van der Waals surface area contributed by atoms with Crippen LogP contribution in [0.5, 0.6) is 0 Å². The van der Waals surface area contributed by atoms with E-state index >= 15 is 0 Å². The van der Waals surface area contributed by atoms with Gasteiger partial charge in [0.15, 0.2) is 0 Å². The number of hydrogen-bond donors (Lipinski definition) is 2. The number of benzene rings is 1. The van der Waals surface area contributed by atoms with Gasteiger partial charge in [-0.25, -0.2) is 4.79 Å². The zero-order chi connectivity index (χ0) is 18.5. The lowest BCUT2D eigenvalue weighted by Crippen LogP contribution is -2.31.